The van der Waals surface area contributed by atoms with Gasteiger partial charge in [0.05, 0.1) is 24.1 Å². The molecule has 3 nitrogen and oxygen atoms in total. The Bertz CT molecular complexity index is 373. The van der Waals surface area contributed by atoms with E-state index in [0.717, 1.165) is 5.56 Å². The summed E-state index contributed by atoms with van der Waals surface area (Å²) in [5.41, 5.74) is 0.901. The average molecular weight is 225 g/mol. The fourth-order valence-electron chi connectivity index (χ4n) is 1.34. The fourth-order valence-corrected chi connectivity index (χ4v) is 1.61. The van der Waals surface area contributed by atoms with Gasteiger partial charge in [0.15, 0.2) is 0 Å². The molecule has 1 unspecified atom stereocenters. The molecule has 0 aliphatic heterocycles. The van der Waals surface area contributed by atoms with Crippen molar-refractivity contribution >= 4 is 11.6 Å². The quantitative estimate of drug-likeness (QED) is 0.853. The minimum absolute atomic E-state index is 0.182. The van der Waals surface area contributed by atoms with Gasteiger partial charge in [0.25, 0.3) is 0 Å². The van der Waals surface area contributed by atoms with Crippen LogP contribution >= 0.6 is 11.6 Å². The summed E-state index contributed by atoms with van der Waals surface area (Å²) in [5.74, 6) is 0.444. The number of nitriles is 1. The second-order valence-electron chi connectivity index (χ2n) is 3.13. The average Bonchev–Trinajstić information content (AvgIpc) is 2.25. The number of nitrogens with zero attached hydrogens (tertiary/aromatic N) is 1. The molecule has 0 saturated heterocycles. The van der Waals surface area contributed by atoms with Crippen molar-refractivity contribution in [2.75, 3.05) is 20.7 Å². The molecule has 4 heteroatoms. The van der Waals surface area contributed by atoms with Crippen molar-refractivity contribution < 1.29 is 4.74 Å². The van der Waals surface area contributed by atoms with E-state index in [1.807, 2.05) is 13.1 Å². The van der Waals surface area contributed by atoms with E-state index in [-0.39, 0.29) is 5.92 Å². The molecule has 0 radical (unpaired) electrons. The lowest BCUT2D eigenvalue weighted by atomic mass is 10.0. The Morgan fingerprint density at radius 1 is 1.60 bits per heavy atom. The minimum atomic E-state index is -0.182. The van der Waals surface area contributed by atoms with E-state index in [4.69, 9.17) is 21.6 Å². The minimum Gasteiger partial charge on any atom is -0.495 e. The van der Waals surface area contributed by atoms with Gasteiger partial charge in [-0.15, -0.1) is 0 Å². The van der Waals surface area contributed by atoms with Crippen molar-refractivity contribution in [2.24, 2.45) is 0 Å². The van der Waals surface area contributed by atoms with Crippen LogP contribution in [0.5, 0.6) is 5.75 Å². The third-order valence-electron chi connectivity index (χ3n) is 2.14. The highest BCUT2D eigenvalue weighted by atomic mass is 35.5. The van der Waals surface area contributed by atoms with Gasteiger partial charge in [0.2, 0.25) is 0 Å². The monoisotopic (exact) mass is 224 g/mol. The molecule has 0 fully saturated rings. The maximum atomic E-state index is 8.96. The molecule has 1 rings (SSSR count). The molecule has 1 aromatic rings. The number of benzene rings is 1. The molecule has 0 amide bonds. The Morgan fingerprint density at radius 2 is 2.33 bits per heavy atom. The van der Waals surface area contributed by atoms with E-state index in [2.05, 4.69) is 11.4 Å². The molecule has 0 bridgehead atoms. The van der Waals surface area contributed by atoms with Crippen molar-refractivity contribution in [1.29, 1.82) is 5.26 Å². The second-order valence-corrected chi connectivity index (χ2v) is 3.54. The molecule has 0 saturated carbocycles. The summed E-state index contributed by atoms with van der Waals surface area (Å²) in [6.07, 6.45) is 0. The van der Waals surface area contributed by atoms with Gasteiger partial charge < -0.3 is 10.1 Å². The number of nitrogens with one attached hydrogen (secondary N) is 1. The Balaban J connectivity index is 2.96. The summed E-state index contributed by atoms with van der Waals surface area (Å²) in [7, 11) is 3.38. The van der Waals surface area contributed by atoms with Crippen molar-refractivity contribution in [2.45, 2.75) is 5.92 Å². The first-order chi connectivity index (χ1) is 7.22. The summed E-state index contributed by atoms with van der Waals surface area (Å²) in [6.45, 7) is 0.610. The number of rotatable bonds is 4. The van der Waals surface area contributed by atoms with Crippen LogP contribution in [0, 0.1) is 11.3 Å². The van der Waals surface area contributed by atoms with Crippen LogP contribution in [0.15, 0.2) is 18.2 Å². The van der Waals surface area contributed by atoms with Crippen LogP contribution in [0.4, 0.5) is 0 Å². The summed E-state index contributed by atoms with van der Waals surface area (Å²) >= 11 is 5.98. The van der Waals surface area contributed by atoms with Gasteiger partial charge in [-0.2, -0.15) is 5.26 Å². The molecule has 0 aromatic heterocycles. The molecular weight excluding hydrogens is 212 g/mol. The molecule has 0 aliphatic rings. The lowest BCUT2D eigenvalue weighted by Crippen LogP contribution is -2.15. The largest absolute Gasteiger partial charge is 0.495 e. The van der Waals surface area contributed by atoms with E-state index < -0.39 is 0 Å². The van der Waals surface area contributed by atoms with Crippen LogP contribution in [0.2, 0.25) is 5.02 Å². The van der Waals surface area contributed by atoms with Gasteiger partial charge in [-0.25, -0.2) is 0 Å². The Labute approximate surface area is 94.6 Å². The van der Waals surface area contributed by atoms with Crippen molar-refractivity contribution in [3.63, 3.8) is 0 Å². The predicted octanol–water partition coefficient (Wildman–Crippen LogP) is 2.18. The van der Waals surface area contributed by atoms with Gasteiger partial charge in [-0.1, -0.05) is 17.7 Å². The number of hydrogen-bond donors (Lipinski definition) is 1. The Kier molecular flexibility index (Phi) is 4.41. The van der Waals surface area contributed by atoms with E-state index in [1.165, 1.54) is 0 Å². The van der Waals surface area contributed by atoms with Crippen LogP contribution < -0.4 is 10.1 Å². The standard InChI is InChI=1S/C11H13ClN2O/c1-14-7-9(6-13)8-3-4-11(15-2)10(12)5-8/h3-5,9,14H,7H2,1-2H3. The lowest BCUT2D eigenvalue weighted by molar-refractivity contribution is 0.415. The predicted molar refractivity (Wildman–Crippen MR) is 60.3 cm³/mol. The third kappa shape index (κ3) is 2.85. The summed E-state index contributed by atoms with van der Waals surface area (Å²) < 4.78 is 5.04. The van der Waals surface area contributed by atoms with E-state index in [9.17, 15) is 0 Å². The SMILES string of the molecule is CNCC(C#N)c1ccc(OC)c(Cl)c1. The van der Waals surface area contributed by atoms with E-state index in [0.29, 0.717) is 17.3 Å². The number of likely N-dealkylation sites (N-methyl/N-ethyl adjacent to an activating group) is 1. The highest BCUT2D eigenvalue weighted by Gasteiger charge is 2.11. The third-order valence-corrected chi connectivity index (χ3v) is 2.44. The first kappa shape index (κ1) is 11.8. The highest BCUT2D eigenvalue weighted by molar-refractivity contribution is 6.32. The normalized spacial score (nSPS) is 11.9. The number of ether oxygens (including phenoxy) is 1. The van der Waals surface area contributed by atoms with Gasteiger partial charge >= 0.3 is 0 Å². The van der Waals surface area contributed by atoms with Crippen LogP contribution in [0.3, 0.4) is 0 Å². The molecule has 15 heavy (non-hydrogen) atoms. The molecule has 0 spiro atoms. The van der Waals surface area contributed by atoms with Crippen molar-refractivity contribution in [1.82, 2.24) is 5.32 Å². The first-order valence-electron chi connectivity index (χ1n) is 4.60. The topological polar surface area (TPSA) is 45.0 Å². The summed E-state index contributed by atoms with van der Waals surface area (Å²) in [5, 5.41) is 12.5. The molecular formula is C11H13ClN2O. The highest BCUT2D eigenvalue weighted by Crippen LogP contribution is 2.27. The zero-order valence-corrected chi connectivity index (χ0v) is 9.51. The fraction of sp³-hybridized carbons (Fsp3) is 0.364. The summed E-state index contributed by atoms with van der Waals surface area (Å²) in [6, 6.07) is 7.62. The zero-order chi connectivity index (χ0) is 11.3. The second kappa shape index (κ2) is 5.59. The number of hydrogen-bond acceptors (Lipinski definition) is 3. The number of methoxy groups -OCH3 is 1. The van der Waals surface area contributed by atoms with Crippen LogP contribution in [-0.4, -0.2) is 20.7 Å². The van der Waals surface area contributed by atoms with Crippen molar-refractivity contribution in [3.8, 4) is 11.8 Å². The van der Waals surface area contributed by atoms with Gasteiger partial charge in [-0.3, -0.25) is 0 Å². The molecule has 1 atom stereocenters. The molecule has 1 N–H and O–H groups in total. The first-order valence-corrected chi connectivity index (χ1v) is 4.98. The van der Waals surface area contributed by atoms with Crippen molar-refractivity contribution in [3.05, 3.63) is 28.8 Å². The van der Waals surface area contributed by atoms with Gasteiger partial charge in [0, 0.05) is 6.54 Å². The maximum absolute atomic E-state index is 8.96. The molecule has 1 aromatic carbocycles. The smallest absolute Gasteiger partial charge is 0.137 e. The molecule has 0 aliphatic carbocycles. The number of halogens is 1. The van der Waals surface area contributed by atoms with Crippen LogP contribution in [-0.2, 0) is 0 Å². The van der Waals surface area contributed by atoms with Gasteiger partial charge in [-0.05, 0) is 24.7 Å². The molecule has 80 valence electrons. The molecule has 0 heterocycles. The van der Waals surface area contributed by atoms with Crippen LogP contribution in [0.1, 0.15) is 11.5 Å². The Hall–Kier alpha value is -1.24. The Morgan fingerprint density at radius 3 is 2.80 bits per heavy atom. The van der Waals surface area contributed by atoms with Gasteiger partial charge in [0.1, 0.15) is 5.75 Å². The van der Waals surface area contributed by atoms with Crippen LogP contribution in [0.25, 0.3) is 0 Å². The maximum Gasteiger partial charge on any atom is 0.137 e. The van der Waals surface area contributed by atoms with E-state index in [1.54, 1.807) is 19.2 Å². The lowest BCUT2D eigenvalue weighted by Gasteiger charge is -2.10. The van der Waals surface area contributed by atoms with E-state index >= 15 is 0 Å². The zero-order valence-electron chi connectivity index (χ0n) is 8.75. The summed E-state index contributed by atoms with van der Waals surface area (Å²) in [4.78, 5) is 0.